The highest BCUT2D eigenvalue weighted by Crippen LogP contribution is 2.39. The van der Waals surface area contributed by atoms with Crippen LogP contribution in [0.15, 0.2) is 18.2 Å². The van der Waals surface area contributed by atoms with Crippen LogP contribution in [-0.2, 0) is 9.47 Å². The minimum Gasteiger partial charge on any atom is -0.508 e. The number of hydrogen-bond donors (Lipinski definition) is 2. The van der Waals surface area contributed by atoms with Crippen LogP contribution in [0.2, 0.25) is 0 Å². The summed E-state index contributed by atoms with van der Waals surface area (Å²) in [5.41, 5.74) is 0.845. The zero-order valence-electron chi connectivity index (χ0n) is 17.1. The number of phenols is 2. The van der Waals surface area contributed by atoms with Crippen molar-refractivity contribution in [3.63, 3.8) is 0 Å². The summed E-state index contributed by atoms with van der Waals surface area (Å²) in [7, 11) is 0. The summed E-state index contributed by atoms with van der Waals surface area (Å²) in [4.78, 5) is 13.6. The van der Waals surface area contributed by atoms with E-state index in [0.717, 1.165) is 31.2 Å². The molecule has 0 heterocycles. The van der Waals surface area contributed by atoms with Gasteiger partial charge in [0.1, 0.15) is 17.6 Å². The maximum absolute atomic E-state index is 11.2. The second kappa shape index (κ2) is 12.4. The molecule has 1 fully saturated rings. The van der Waals surface area contributed by atoms with Gasteiger partial charge in [0, 0.05) is 6.07 Å². The van der Waals surface area contributed by atoms with E-state index < -0.39 is 6.16 Å². The Hall–Kier alpha value is -1.95. The molecule has 2 rings (SSSR count). The van der Waals surface area contributed by atoms with Crippen molar-refractivity contribution in [2.75, 3.05) is 26.2 Å². The smallest absolute Gasteiger partial charge is 0.508 e. The third-order valence-electron chi connectivity index (χ3n) is 4.99. The monoisotopic (exact) mass is 381 g/mol. The first-order chi connectivity index (χ1) is 12.9. The van der Waals surface area contributed by atoms with E-state index in [2.05, 4.69) is 25.7 Å². The summed E-state index contributed by atoms with van der Waals surface area (Å²) in [6, 6.07) is 4.69. The van der Waals surface area contributed by atoms with E-state index in [9.17, 15) is 15.0 Å². The molecule has 6 heteroatoms. The fraction of sp³-hybridized carbons (Fsp3) is 0.667. The van der Waals surface area contributed by atoms with Crippen molar-refractivity contribution in [2.45, 2.75) is 65.4 Å². The molecule has 0 spiro atoms. The summed E-state index contributed by atoms with van der Waals surface area (Å²) in [6.45, 7) is 12.2. The van der Waals surface area contributed by atoms with Crippen LogP contribution in [0.3, 0.4) is 0 Å². The number of benzene rings is 1. The maximum atomic E-state index is 11.2. The highest BCUT2D eigenvalue weighted by molar-refractivity contribution is 5.60. The summed E-state index contributed by atoms with van der Waals surface area (Å²) in [5, 5.41) is 19.2. The molecule has 0 saturated heterocycles. The number of ether oxygens (including phenoxy) is 2. The predicted molar refractivity (Wildman–Crippen MR) is 106 cm³/mol. The van der Waals surface area contributed by atoms with Gasteiger partial charge in [-0.3, -0.25) is 0 Å². The normalized spacial score (nSPS) is 19.1. The highest BCUT2D eigenvalue weighted by Gasteiger charge is 2.26. The van der Waals surface area contributed by atoms with Crippen LogP contribution in [0.25, 0.3) is 0 Å². The van der Waals surface area contributed by atoms with Gasteiger partial charge in [-0.25, -0.2) is 4.79 Å². The topological polar surface area (TPSA) is 79.2 Å². The van der Waals surface area contributed by atoms with Crippen molar-refractivity contribution in [2.24, 2.45) is 0 Å². The van der Waals surface area contributed by atoms with Crippen LogP contribution in [0.5, 0.6) is 11.5 Å². The summed E-state index contributed by atoms with van der Waals surface area (Å²) >= 11 is 0. The molecule has 2 N–H and O–H groups in total. The van der Waals surface area contributed by atoms with Gasteiger partial charge >= 0.3 is 6.16 Å². The molecule has 0 radical (unpaired) electrons. The summed E-state index contributed by atoms with van der Waals surface area (Å²) in [6.07, 6.45) is 2.46. The lowest BCUT2D eigenvalue weighted by molar-refractivity contribution is 0.0117. The Kier molecular flexibility index (Phi) is 10.6. The number of hydrogen-bond acceptors (Lipinski definition) is 6. The molecular formula is C21H35NO5. The number of carbonyl (C=O) groups excluding carboxylic acids is 1. The Morgan fingerprint density at radius 2 is 1.63 bits per heavy atom. The number of nitrogens with zero attached hydrogens (tertiary/aromatic N) is 1. The Morgan fingerprint density at radius 1 is 1.04 bits per heavy atom. The minimum atomic E-state index is -0.608. The molecule has 0 aliphatic heterocycles. The first-order valence-electron chi connectivity index (χ1n) is 10.0. The molecular weight excluding hydrogens is 346 g/mol. The zero-order chi connectivity index (χ0) is 20.2. The molecule has 1 saturated carbocycles. The van der Waals surface area contributed by atoms with E-state index in [0.29, 0.717) is 6.61 Å². The fourth-order valence-electron chi connectivity index (χ4n) is 3.33. The molecule has 1 aromatic rings. The molecule has 0 atom stereocenters. The minimum absolute atomic E-state index is 0.0607. The average Bonchev–Trinajstić information content (AvgIpc) is 2.65. The summed E-state index contributed by atoms with van der Waals surface area (Å²) < 4.78 is 9.96. The third-order valence-corrected chi connectivity index (χ3v) is 4.99. The first-order valence-corrected chi connectivity index (χ1v) is 10.0. The lowest BCUT2D eigenvalue weighted by atomic mass is 9.82. The Bertz CT molecular complexity index is 546. The van der Waals surface area contributed by atoms with Crippen molar-refractivity contribution in [1.29, 1.82) is 0 Å². The van der Waals surface area contributed by atoms with Crippen LogP contribution in [0.4, 0.5) is 4.79 Å². The van der Waals surface area contributed by atoms with Crippen LogP contribution in [-0.4, -0.2) is 53.6 Å². The molecule has 0 unspecified atom stereocenters. The van der Waals surface area contributed by atoms with Crippen molar-refractivity contribution in [3.05, 3.63) is 23.8 Å². The summed E-state index contributed by atoms with van der Waals surface area (Å²) in [5.74, 6) is 0.419. The molecule has 6 nitrogen and oxygen atoms in total. The van der Waals surface area contributed by atoms with Crippen molar-refractivity contribution >= 4 is 6.16 Å². The van der Waals surface area contributed by atoms with Crippen LogP contribution in [0, 0.1) is 0 Å². The lowest BCUT2D eigenvalue weighted by Crippen LogP contribution is -2.24. The largest absolute Gasteiger partial charge is 0.508 e. The number of phenolic OH excluding ortho intramolecular Hbond substituents is 2. The predicted octanol–water partition coefficient (Wildman–Crippen LogP) is 4.65. The molecule has 154 valence electrons. The molecule has 0 bridgehead atoms. The highest BCUT2D eigenvalue weighted by atomic mass is 16.7. The molecule has 1 aromatic carbocycles. The molecule has 1 aliphatic carbocycles. The standard InChI is InChI=1S/C15H20O5.C6H15N/c1-2-19-15(18)20-12-6-3-10(4-7-12)13-8-5-11(16)9-14(13)17;1-4-7(5-2)6-3/h5,8-10,12,16-17H,2-4,6-7H2,1H3;4-6H2,1-3H3. The Morgan fingerprint density at radius 3 is 2.07 bits per heavy atom. The number of carbonyl (C=O) groups is 1. The van der Waals surface area contributed by atoms with Gasteiger partial charge in [0.25, 0.3) is 0 Å². The van der Waals surface area contributed by atoms with E-state index >= 15 is 0 Å². The lowest BCUT2D eigenvalue weighted by Gasteiger charge is -2.28. The molecule has 0 aromatic heterocycles. The van der Waals surface area contributed by atoms with Gasteiger partial charge in [-0.15, -0.1) is 0 Å². The molecule has 27 heavy (non-hydrogen) atoms. The van der Waals surface area contributed by atoms with E-state index in [1.807, 2.05) is 0 Å². The van der Waals surface area contributed by atoms with Gasteiger partial charge < -0.3 is 24.6 Å². The van der Waals surface area contributed by atoms with Crippen molar-refractivity contribution < 1.29 is 24.5 Å². The van der Waals surface area contributed by atoms with Crippen molar-refractivity contribution in [1.82, 2.24) is 4.90 Å². The van der Waals surface area contributed by atoms with Crippen LogP contribution in [0.1, 0.15) is 64.9 Å². The van der Waals surface area contributed by atoms with E-state index in [1.165, 1.54) is 25.7 Å². The zero-order valence-corrected chi connectivity index (χ0v) is 17.1. The quantitative estimate of drug-likeness (QED) is 0.699. The van der Waals surface area contributed by atoms with Gasteiger partial charge in [-0.1, -0.05) is 26.8 Å². The van der Waals surface area contributed by atoms with Crippen LogP contribution >= 0.6 is 0 Å². The van der Waals surface area contributed by atoms with Gasteiger partial charge in [-0.05, 0) is 69.8 Å². The van der Waals surface area contributed by atoms with Crippen molar-refractivity contribution in [3.8, 4) is 11.5 Å². The SMILES string of the molecule is CCN(CC)CC.CCOC(=O)OC1CCC(c2ccc(O)cc2O)CC1. The molecule has 0 amide bonds. The number of aromatic hydroxyl groups is 2. The van der Waals surface area contributed by atoms with Gasteiger partial charge in [0.15, 0.2) is 0 Å². The fourth-order valence-corrected chi connectivity index (χ4v) is 3.33. The Labute approximate surface area is 163 Å². The van der Waals surface area contributed by atoms with Gasteiger partial charge in [0.05, 0.1) is 6.61 Å². The van der Waals surface area contributed by atoms with Crippen LogP contribution < -0.4 is 0 Å². The second-order valence-electron chi connectivity index (χ2n) is 6.64. The maximum Gasteiger partial charge on any atom is 0.508 e. The Balaban J connectivity index is 0.000000445. The average molecular weight is 382 g/mol. The van der Waals surface area contributed by atoms with E-state index in [1.54, 1.807) is 19.1 Å². The number of rotatable bonds is 6. The van der Waals surface area contributed by atoms with E-state index in [4.69, 9.17) is 9.47 Å². The third kappa shape index (κ3) is 8.08. The molecule has 1 aliphatic rings. The van der Waals surface area contributed by atoms with Gasteiger partial charge in [-0.2, -0.15) is 0 Å². The first kappa shape index (κ1) is 23.1. The van der Waals surface area contributed by atoms with E-state index in [-0.39, 0.29) is 23.5 Å². The second-order valence-corrected chi connectivity index (χ2v) is 6.64. The van der Waals surface area contributed by atoms with Gasteiger partial charge in [0.2, 0.25) is 0 Å².